The number of aliphatic hydroxyl groups is 1. The van der Waals surface area contributed by atoms with Gasteiger partial charge < -0.3 is 15.7 Å². The van der Waals surface area contributed by atoms with Gasteiger partial charge in [0.1, 0.15) is 0 Å². The number of β-amino-alcohol motifs (C(OH)–C–C–N with tert-alkyl or cyclic N) is 1. The third-order valence-electron chi connectivity index (χ3n) is 3.57. The fourth-order valence-corrected chi connectivity index (χ4v) is 2.11. The molecule has 0 bridgehead atoms. The maximum absolute atomic E-state index is 12.0. The zero-order valence-corrected chi connectivity index (χ0v) is 10.9. The standard InChI is InChI=1S/C14H20N2O2/c1-10-3-4-12(7-11(10)2)13(17)16-9-14(18)5-6-15-8-14/h3-4,7,15,18H,5-6,8-9H2,1-2H3,(H,16,17). The lowest BCUT2D eigenvalue weighted by atomic mass is 10.0. The largest absolute Gasteiger partial charge is 0.387 e. The van der Waals surface area contributed by atoms with Crippen molar-refractivity contribution in [3.8, 4) is 0 Å². The van der Waals surface area contributed by atoms with Crippen LogP contribution in [0.4, 0.5) is 0 Å². The highest BCUT2D eigenvalue weighted by Crippen LogP contribution is 2.14. The van der Waals surface area contributed by atoms with Crippen molar-refractivity contribution in [2.24, 2.45) is 0 Å². The van der Waals surface area contributed by atoms with Crippen LogP contribution in [0.3, 0.4) is 0 Å². The molecule has 1 aromatic rings. The van der Waals surface area contributed by atoms with Gasteiger partial charge in [0.2, 0.25) is 0 Å². The number of benzene rings is 1. The molecule has 1 heterocycles. The molecule has 0 saturated carbocycles. The van der Waals surface area contributed by atoms with Gasteiger partial charge in [-0.15, -0.1) is 0 Å². The number of hydrogen-bond donors (Lipinski definition) is 3. The first-order valence-electron chi connectivity index (χ1n) is 6.29. The van der Waals surface area contributed by atoms with Crippen LogP contribution in [0.15, 0.2) is 18.2 Å². The molecule has 1 saturated heterocycles. The first-order chi connectivity index (χ1) is 8.50. The highest BCUT2D eigenvalue weighted by atomic mass is 16.3. The Morgan fingerprint density at radius 2 is 2.22 bits per heavy atom. The zero-order chi connectivity index (χ0) is 13.2. The fraction of sp³-hybridized carbons (Fsp3) is 0.500. The van der Waals surface area contributed by atoms with Gasteiger partial charge in [0.05, 0.1) is 5.60 Å². The molecule has 1 aliphatic rings. The molecular weight excluding hydrogens is 228 g/mol. The Morgan fingerprint density at radius 3 is 2.83 bits per heavy atom. The molecule has 0 radical (unpaired) electrons. The van der Waals surface area contributed by atoms with Gasteiger partial charge in [-0.2, -0.15) is 0 Å². The minimum absolute atomic E-state index is 0.126. The average Bonchev–Trinajstić information content (AvgIpc) is 2.77. The summed E-state index contributed by atoms with van der Waals surface area (Å²) in [6, 6.07) is 5.63. The molecule has 1 unspecified atom stereocenters. The molecule has 1 atom stereocenters. The molecule has 1 aliphatic heterocycles. The molecule has 0 spiro atoms. The maximum Gasteiger partial charge on any atom is 0.251 e. The Bertz CT molecular complexity index is 451. The SMILES string of the molecule is Cc1ccc(C(=O)NCC2(O)CCNC2)cc1C. The predicted octanol–water partition coefficient (Wildman–Crippen LogP) is 0.758. The fourth-order valence-electron chi connectivity index (χ4n) is 2.11. The highest BCUT2D eigenvalue weighted by molar-refractivity contribution is 5.94. The van der Waals surface area contributed by atoms with Crippen molar-refractivity contribution < 1.29 is 9.90 Å². The quantitative estimate of drug-likeness (QED) is 0.740. The Hall–Kier alpha value is -1.39. The van der Waals surface area contributed by atoms with Crippen LogP contribution in [-0.2, 0) is 0 Å². The minimum atomic E-state index is -0.796. The number of rotatable bonds is 3. The zero-order valence-electron chi connectivity index (χ0n) is 10.9. The van der Waals surface area contributed by atoms with E-state index in [-0.39, 0.29) is 5.91 Å². The van der Waals surface area contributed by atoms with Crippen LogP contribution in [0.1, 0.15) is 27.9 Å². The number of carbonyl (C=O) groups is 1. The van der Waals surface area contributed by atoms with Crippen LogP contribution in [0.2, 0.25) is 0 Å². The van der Waals surface area contributed by atoms with Crippen molar-refractivity contribution >= 4 is 5.91 Å². The van der Waals surface area contributed by atoms with Gasteiger partial charge in [-0.1, -0.05) is 6.07 Å². The molecule has 18 heavy (non-hydrogen) atoms. The summed E-state index contributed by atoms with van der Waals surface area (Å²) < 4.78 is 0. The number of nitrogens with one attached hydrogen (secondary N) is 2. The lowest BCUT2D eigenvalue weighted by molar-refractivity contribution is 0.0562. The lowest BCUT2D eigenvalue weighted by Gasteiger charge is -2.21. The van der Waals surface area contributed by atoms with E-state index >= 15 is 0 Å². The Kier molecular flexibility index (Phi) is 3.68. The van der Waals surface area contributed by atoms with Crippen molar-refractivity contribution in [1.82, 2.24) is 10.6 Å². The van der Waals surface area contributed by atoms with Crippen molar-refractivity contribution in [3.05, 3.63) is 34.9 Å². The van der Waals surface area contributed by atoms with Gasteiger partial charge in [-0.25, -0.2) is 0 Å². The summed E-state index contributed by atoms with van der Waals surface area (Å²) in [5.74, 6) is -0.126. The molecular formula is C14H20N2O2. The van der Waals surface area contributed by atoms with Gasteiger partial charge >= 0.3 is 0 Å². The van der Waals surface area contributed by atoms with Crippen LogP contribution in [0, 0.1) is 13.8 Å². The van der Waals surface area contributed by atoms with Crippen molar-refractivity contribution in [1.29, 1.82) is 0 Å². The molecule has 0 aromatic heterocycles. The van der Waals surface area contributed by atoms with E-state index in [0.29, 0.717) is 25.1 Å². The van der Waals surface area contributed by atoms with Crippen molar-refractivity contribution in [3.63, 3.8) is 0 Å². The average molecular weight is 248 g/mol. The summed E-state index contributed by atoms with van der Waals surface area (Å²) in [6.45, 7) is 5.65. The third kappa shape index (κ3) is 2.89. The van der Waals surface area contributed by atoms with Crippen LogP contribution >= 0.6 is 0 Å². The topological polar surface area (TPSA) is 61.4 Å². The van der Waals surface area contributed by atoms with Gasteiger partial charge in [0, 0.05) is 18.7 Å². The molecule has 4 nitrogen and oxygen atoms in total. The smallest absolute Gasteiger partial charge is 0.251 e. The molecule has 98 valence electrons. The summed E-state index contributed by atoms with van der Waals surface area (Å²) in [5.41, 5.74) is 2.12. The molecule has 2 rings (SSSR count). The first kappa shape index (κ1) is 13.1. The second-order valence-corrected chi connectivity index (χ2v) is 5.13. The van der Waals surface area contributed by atoms with E-state index in [0.717, 1.165) is 12.1 Å². The van der Waals surface area contributed by atoms with E-state index in [1.807, 2.05) is 32.0 Å². The van der Waals surface area contributed by atoms with Crippen LogP contribution < -0.4 is 10.6 Å². The number of hydrogen-bond acceptors (Lipinski definition) is 3. The summed E-state index contributed by atoms with van der Waals surface area (Å²) in [7, 11) is 0. The number of aryl methyl sites for hydroxylation is 2. The first-order valence-corrected chi connectivity index (χ1v) is 6.29. The third-order valence-corrected chi connectivity index (χ3v) is 3.57. The van der Waals surface area contributed by atoms with E-state index in [4.69, 9.17) is 0 Å². The van der Waals surface area contributed by atoms with E-state index in [2.05, 4.69) is 10.6 Å². The lowest BCUT2D eigenvalue weighted by Crippen LogP contribution is -2.44. The van der Waals surface area contributed by atoms with E-state index in [9.17, 15) is 9.90 Å². The van der Waals surface area contributed by atoms with Gasteiger partial charge in [0.25, 0.3) is 5.91 Å². The van der Waals surface area contributed by atoms with E-state index < -0.39 is 5.60 Å². The summed E-state index contributed by atoms with van der Waals surface area (Å²) >= 11 is 0. The number of carbonyl (C=O) groups excluding carboxylic acids is 1. The Labute approximate surface area is 107 Å². The normalized spacial score (nSPS) is 23.1. The molecule has 3 N–H and O–H groups in total. The maximum atomic E-state index is 12.0. The van der Waals surface area contributed by atoms with Gasteiger partial charge in [-0.05, 0) is 50.1 Å². The minimum Gasteiger partial charge on any atom is -0.387 e. The van der Waals surface area contributed by atoms with Gasteiger partial charge in [0.15, 0.2) is 0 Å². The predicted molar refractivity (Wildman–Crippen MR) is 70.7 cm³/mol. The second kappa shape index (κ2) is 5.08. The number of amides is 1. The molecule has 1 amide bonds. The Morgan fingerprint density at radius 1 is 1.44 bits per heavy atom. The monoisotopic (exact) mass is 248 g/mol. The molecule has 0 aliphatic carbocycles. The summed E-state index contributed by atoms with van der Waals surface area (Å²) in [6.07, 6.45) is 0.681. The van der Waals surface area contributed by atoms with Crippen LogP contribution in [0.5, 0.6) is 0 Å². The second-order valence-electron chi connectivity index (χ2n) is 5.13. The van der Waals surface area contributed by atoms with E-state index in [1.54, 1.807) is 0 Å². The van der Waals surface area contributed by atoms with Gasteiger partial charge in [-0.3, -0.25) is 4.79 Å². The molecule has 4 heteroatoms. The summed E-state index contributed by atoms with van der Waals surface area (Å²) in [4.78, 5) is 12.0. The highest BCUT2D eigenvalue weighted by Gasteiger charge is 2.31. The van der Waals surface area contributed by atoms with Crippen LogP contribution in [0.25, 0.3) is 0 Å². The molecule has 1 aromatic carbocycles. The van der Waals surface area contributed by atoms with Crippen molar-refractivity contribution in [2.45, 2.75) is 25.9 Å². The molecule has 1 fully saturated rings. The van der Waals surface area contributed by atoms with Crippen LogP contribution in [-0.4, -0.2) is 36.2 Å². The van der Waals surface area contributed by atoms with E-state index in [1.165, 1.54) is 5.56 Å². The summed E-state index contributed by atoms with van der Waals surface area (Å²) in [5, 5.41) is 16.0. The van der Waals surface area contributed by atoms with Crippen molar-refractivity contribution in [2.75, 3.05) is 19.6 Å². The Balaban J connectivity index is 1.97.